The molecule has 6 rings (SSSR count). The van der Waals surface area contributed by atoms with Crippen LogP contribution in [0.2, 0.25) is 0 Å². The van der Waals surface area contributed by atoms with E-state index in [4.69, 9.17) is 4.74 Å². The molecule has 3 aromatic rings. The molecule has 0 N–H and O–H groups in total. The summed E-state index contributed by atoms with van der Waals surface area (Å²) in [7, 11) is 0. The number of esters is 1. The van der Waals surface area contributed by atoms with Gasteiger partial charge in [0.1, 0.15) is 17.6 Å². The van der Waals surface area contributed by atoms with Crippen LogP contribution >= 0.6 is 0 Å². The molecule has 3 aromatic carbocycles. The molecule has 2 saturated heterocycles. The molecule has 4 atom stereocenters. The number of hydrogen-bond donors (Lipinski definition) is 0. The molecular weight excluding hydrogens is 435 g/mol. The summed E-state index contributed by atoms with van der Waals surface area (Å²) in [6.07, 6.45) is 3.78. The Morgan fingerprint density at radius 1 is 0.824 bits per heavy atom. The van der Waals surface area contributed by atoms with Crippen LogP contribution in [0, 0.1) is 17.7 Å². The highest BCUT2D eigenvalue weighted by Crippen LogP contribution is 2.49. The Hall–Kier alpha value is -4.26. The van der Waals surface area contributed by atoms with Crippen LogP contribution in [0.3, 0.4) is 0 Å². The summed E-state index contributed by atoms with van der Waals surface area (Å²) in [5.41, 5.74) is 1.95. The quantitative estimate of drug-likeness (QED) is 0.342. The minimum absolute atomic E-state index is 0.285. The van der Waals surface area contributed by atoms with E-state index in [1.807, 2.05) is 47.4 Å². The number of anilines is 2. The van der Waals surface area contributed by atoms with Crippen LogP contribution in [-0.4, -0.2) is 29.9 Å². The Labute approximate surface area is 194 Å². The average Bonchev–Trinajstić information content (AvgIpc) is 3.33. The number of ether oxygens (including phenoxy) is 1. The van der Waals surface area contributed by atoms with E-state index in [-0.39, 0.29) is 5.69 Å². The smallest absolute Gasteiger partial charge is 0.335 e. The Kier molecular flexibility index (Phi) is 4.58. The fourth-order valence-electron chi connectivity index (χ4n) is 5.29. The van der Waals surface area contributed by atoms with Gasteiger partial charge in [-0.05, 0) is 48.0 Å². The van der Waals surface area contributed by atoms with Crippen LogP contribution in [0.5, 0.6) is 5.75 Å². The van der Waals surface area contributed by atoms with Crippen LogP contribution < -0.4 is 14.5 Å². The van der Waals surface area contributed by atoms with Gasteiger partial charge in [0, 0.05) is 5.69 Å². The number of hydrogen-bond acceptors (Lipinski definition) is 5. The van der Waals surface area contributed by atoms with Gasteiger partial charge in [0.25, 0.3) is 0 Å². The second kappa shape index (κ2) is 7.66. The van der Waals surface area contributed by atoms with Crippen molar-refractivity contribution in [3.05, 3.63) is 96.3 Å². The number of amides is 2. The molecule has 3 aliphatic heterocycles. The zero-order chi connectivity index (χ0) is 23.4. The molecule has 7 heteroatoms. The molecule has 0 saturated carbocycles. The van der Waals surface area contributed by atoms with E-state index in [0.29, 0.717) is 5.75 Å². The summed E-state index contributed by atoms with van der Waals surface area (Å²) in [6.45, 7) is 0. The lowest BCUT2D eigenvalue weighted by molar-refractivity contribution is -0.139. The zero-order valence-corrected chi connectivity index (χ0v) is 17.9. The Balaban J connectivity index is 1.44. The number of rotatable bonds is 3. The maximum atomic E-state index is 13.7. The van der Waals surface area contributed by atoms with Gasteiger partial charge >= 0.3 is 5.97 Å². The molecule has 6 nitrogen and oxygen atoms in total. The number of carbonyl (C=O) groups excluding carboxylic acids is 3. The van der Waals surface area contributed by atoms with E-state index in [1.165, 1.54) is 24.3 Å². The second-order valence-corrected chi connectivity index (χ2v) is 8.53. The number of carbonyl (C=O) groups is 3. The van der Waals surface area contributed by atoms with Gasteiger partial charge in [0.2, 0.25) is 11.8 Å². The first-order valence-corrected chi connectivity index (χ1v) is 11.0. The Morgan fingerprint density at radius 2 is 1.50 bits per heavy atom. The van der Waals surface area contributed by atoms with Crippen LogP contribution in [0.4, 0.5) is 15.8 Å². The highest BCUT2D eigenvalue weighted by molar-refractivity contribution is 6.24. The summed E-state index contributed by atoms with van der Waals surface area (Å²) < 4.78 is 19.1. The number of fused-ring (bicyclic) bond motifs is 5. The van der Waals surface area contributed by atoms with Crippen molar-refractivity contribution >= 4 is 35.2 Å². The van der Waals surface area contributed by atoms with Gasteiger partial charge < -0.3 is 9.64 Å². The minimum atomic E-state index is -0.997. The lowest BCUT2D eigenvalue weighted by atomic mass is 9.89. The fraction of sp³-hybridized carbons (Fsp3) is 0.148. The molecule has 0 aromatic heterocycles. The monoisotopic (exact) mass is 454 g/mol. The molecule has 0 bridgehead atoms. The molecule has 0 unspecified atom stereocenters. The van der Waals surface area contributed by atoms with E-state index in [2.05, 4.69) is 0 Å². The second-order valence-electron chi connectivity index (χ2n) is 8.53. The summed E-state index contributed by atoms with van der Waals surface area (Å²) in [4.78, 5) is 43.7. The first kappa shape index (κ1) is 20.4. The SMILES string of the molecule is O=C(Oc1ccccc1)[C@H]1[C@@H]2C(=O)N(c3ccc(F)cc3)C(=O)[C@@H]2[C@H]2C=Cc3ccccc3N21. The maximum Gasteiger partial charge on any atom is 0.335 e. The van der Waals surface area contributed by atoms with Gasteiger partial charge in [-0.3, -0.25) is 9.59 Å². The molecule has 0 aliphatic carbocycles. The lowest BCUT2D eigenvalue weighted by Crippen LogP contribution is -2.50. The summed E-state index contributed by atoms with van der Waals surface area (Å²) in [5.74, 6) is -3.31. The predicted molar refractivity (Wildman–Crippen MR) is 123 cm³/mol. The van der Waals surface area contributed by atoms with Gasteiger partial charge in [0.05, 0.1) is 23.6 Å². The topological polar surface area (TPSA) is 66.9 Å². The first-order valence-electron chi connectivity index (χ1n) is 11.0. The van der Waals surface area contributed by atoms with E-state index < -0.39 is 47.5 Å². The normalized spacial score (nSPS) is 24.6. The van der Waals surface area contributed by atoms with E-state index in [1.54, 1.807) is 24.3 Å². The molecule has 3 heterocycles. The molecule has 168 valence electrons. The molecule has 2 amide bonds. The van der Waals surface area contributed by atoms with Crippen molar-refractivity contribution < 1.29 is 23.5 Å². The minimum Gasteiger partial charge on any atom is -0.425 e. The van der Waals surface area contributed by atoms with E-state index in [0.717, 1.165) is 16.2 Å². The van der Waals surface area contributed by atoms with Crippen LogP contribution in [0.1, 0.15) is 5.56 Å². The number of nitrogens with zero attached hydrogens (tertiary/aromatic N) is 2. The van der Waals surface area contributed by atoms with Crippen molar-refractivity contribution in [3.63, 3.8) is 0 Å². The molecule has 34 heavy (non-hydrogen) atoms. The standard InChI is InChI=1S/C27H19FN2O4/c28-17-11-13-18(14-12-17)29-25(31)22-21-15-10-16-6-4-5-9-20(16)30(21)24(23(22)26(29)32)27(33)34-19-7-2-1-3-8-19/h1-15,21-24H/t21-,22-,23-,24-/m1/s1. The number of imide groups is 1. The third-order valence-corrected chi connectivity index (χ3v) is 6.70. The van der Waals surface area contributed by atoms with Crippen molar-refractivity contribution in [1.29, 1.82) is 0 Å². The largest absolute Gasteiger partial charge is 0.425 e. The molecule has 3 aliphatic rings. The van der Waals surface area contributed by atoms with Crippen molar-refractivity contribution in [2.45, 2.75) is 12.1 Å². The van der Waals surface area contributed by atoms with Gasteiger partial charge in [-0.25, -0.2) is 14.1 Å². The lowest BCUT2D eigenvalue weighted by Gasteiger charge is -2.36. The molecule has 2 fully saturated rings. The Morgan fingerprint density at radius 3 is 2.26 bits per heavy atom. The molecule has 0 radical (unpaired) electrons. The van der Waals surface area contributed by atoms with E-state index in [9.17, 15) is 18.8 Å². The van der Waals surface area contributed by atoms with Crippen molar-refractivity contribution in [2.24, 2.45) is 11.8 Å². The summed E-state index contributed by atoms with van der Waals surface area (Å²) in [6, 6.07) is 19.9. The molecular formula is C27H19FN2O4. The Bertz CT molecular complexity index is 1340. The average molecular weight is 454 g/mol. The van der Waals surface area contributed by atoms with Crippen molar-refractivity contribution in [1.82, 2.24) is 0 Å². The van der Waals surface area contributed by atoms with Crippen LogP contribution in [0.25, 0.3) is 6.08 Å². The fourth-order valence-corrected chi connectivity index (χ4v) is 5.29. The zero-order valence-electron chi connectivity index (χ0n) is 17.9. The van der Waals surface area contributed by atoms with E-state index >= 15 is 0 Å². The van der Waals surface area contributed by atoms with Gasteiger partial charge in [-0.1, -0.05) is 48.6 Å². The highest BCUT2D eigenvalue weighted by Gasteiger charge is 2.65. The summed E-state index contributed by atoms with van der Waals surface area (Å²) in [5, 5.41) is 0. The summed E-state index contributed by atoms with van der Waals surface area (Å²) >= 11 is 0. The number of halogens is 1. The first-order chi connectivity index (χ1) is 16.5. The van der Waals surface area contributed by atoms with Crippen LogP contribution in [-0.2, 0) is 14.4 Å². The van der Waals surface area contributed by atoms with Crippen molar-refractivity contribution in [2.75, 3.05) is 9.80 Å². The van der Waals surface area contributed by atoms with Gasteiger partial charge in [-0.2, -0.15) is 0 Å². The van der Waals surface area contributed by atoms with Crippen LogP contribution in [0.15, 0.2) is 84.9 Å². The predicted octanol–water partition coefficient (Wildman–Crippen LogP) is 3.82. The highest BCUT2D eigenvalue weighted by atomic mass is 19.1. The number of benzene rings is 3. The third kappa shape index (κ3) is 2.97. The number of para-hydroxylation sites is 2. The van der Waals surface area contributed by atoms with Gasteiger partial charge in [-0.15, -0.1) is 0 Å². The van der Waals surface area contributed by atoms with Crippen molar-refractivity contribution in [3.8, 4) is 5.75 Å². The molecule has 0 spiro atoms. The van der Waals surface area contributed by atoms with Gasteiger partial charge in [0.15, 0.2) is 0 Å². The maximum absolute atomic E-state index is 13.7. The third-order valence-electron chi connectivity index (χ3n) is 6.70.